The molecule has 1 amide bonds. The van der Waals surface area contributed by atoms with Gasteiger partial charge in [-0.25, -0.2) is 4.39 Å². The van der Waals surface area contributed by atoms with Gasteiger partial charge in [0.15, 0.2) is 0 Å². The molecule has 0 aliphatic carbocycles. The smallest absolute Gasteiger partial charge is 0.270 e. The molecule has 2 aromatic carbocycles. The zero-order valence-electron chi connectivity index (χ0n) is 12.0. The Hall–Kier alpha value is -2.80. The van der Waals surface area contributed by atoms with E-state index in [1.54, 1.807) is 25.1 Å². The van der Waals surface area contributed by atoms with Gasteiger partial charge in [-0.15, -0.1) is 11.3 Å². The highest BCUT2D eigenvalue weighted by molar-refractivity contribution is 7.20. The zero-order valence-corrected chi connectivity index (χ0v) is 12.8. The molecule has 1 heterocycles. The maximum atomic E-state index is 13.3. The summed E-state index contributed by atoms with van der Waals surface area (Å²) in [7, 11) is 0. The number of aryl methyl sites for hydroxylation is 1. The zero-order chi connectivity index (χ0) is 16.6. The summed E-state index contributed by atoms with van der Waals surface area (Å²) in [6, 6.07) is 10.2. The Bertz CT molecular complexity index is 936. The molecule has 3 aromatic rings. The van der Waals surface area contributed by atoms with Crippen LogP contribution in [0.15, 0.2) is 42.5 Å². The molecule has 0 bridgehead atoms. The minimum Gasteiger partial charge on any atom is -0.321 e. The van der Waals surface area contributed by atoms with Crippen molar-refractivity contribution in [2.45, 2.75) is 6.92 Å². The number of non-ortho nitro benzene ring substituents is 1. The van der Waals surface area contributed by atoms with Crippen molar-refractivity contribution in [3.8, 4) is 0 Å². The topological polar surface area (TPSA) is 72.2 Å². The van der Waals surface area contributed by atoms with E-state index in [1.807, 2.05) is 0 Å². The van der Waals surface area contributed by atoms with E-state index >= 15 is 0 Å². The highest BCUT2D eigenvalue weighted by Gasteiger charge is 2.14. The van der Waals surface area contributed by atoms with Crippen LogP contribution in [0.5, 0.6) is 0 Å². The van der Waals surface area contributed by atoms with Crippen LogP contribution in [0.2, 0.25) is 0 Å². The highest BCUT2D eigenvalue weighted by atomic mass is 32.1. The molecule has 0 fully saturated rings. The Morgan fingerprint density at radius 1 is 1.22 bits per heavy atom. The van der Waals surface area contributed by atoms with Crippen molar-refractivity contribution >= 4 is 38.7 Å². The predicted molar refractivity (Wildman–Crippen MR) is 87.6 cm³/mol. The van der Waals surface area contributed by atoms with Gasteiger partial charge in [0, 0.05) is 27.9 Å². The number of fused-ring (bicyclic) bond motifs is 1. The van der Waals surface area contributed by atoms with Crippen molar-refractivity contribution in [2.24, 2.45) is 0 Å². The number of hydrogen-bond acceptors (Lipinski definition) is 4. The minimum absolute atomic E-state index is 0.0248. The van der Waals surface area contributed by atoms with Crippen LogP contribution in [0.25, 0.3) is 10.1 Å². The SMILES string of the molecule is Cc1ccc(F)cc1NC(=O)c1cc2cc([N+](=O)[O-])ccc2s1. The fraction of sp³-hybridized carbons (Fsp3) is 0.0625. The number of benzene rings is 2. The quantitative estimate of drug-likeness (QED) is 0.567. The lowest BCUT2D eigenvalue weighted by Gasteiger charge is -2.07. The largest absolute Gasteiger partial charge is 0.321 e. The average Bonchev–Trinajstić information content (AvgIpc) is 2.94. The maximum Gasteiger partial charge on any atom is 0.270 e. The number of thiophene rings is 1. The van der Waals surface area contributed by atoms with Crippen LogP contribution in [-0.4, -0.2) is 10.8 Å². The summed E-state index contributed by atoms with van der Waals surface area (Å²) in [5, 5.41) is 14.1. The summed E-state index contributed by atoms with van der Waals surface area (Å²) < 4.78 is 14.0. The molecule has 116 valence electrons. The number of hydrogen-bond donors (Lipinski definition) is 1. The third-order valence-electron chi connectivity index (χ3n) is 3.38. The molecule has 0 radical (unpaired) electrons. The number of nitro benzene ring substituents is 1. The van der Waals surface area contributed by atoms with E-state index < -0.39 is 10.7 Å². The van der Waals surface area contributed by atoms with Gasteiger partial charge in [-0.2, -0.15) is 0 Å². The van der Waals surface area contributed by atoms with Gasteiger partial charge in [0.25, 0.3) is 11.6 Å². The normalized spacial score (nSPS) is 10.7. The van der Waals surface area contributed by atoms with Crippen molar-refractivity contribution < 1.29 is 14.1 Å². The van der Waals surface area contributed by atoms with Gasteiger partial charge < -0.3 is 5.32 Å². The lowest BCUT2D eigenvalue weighted by Crippen LogP contribution is -2.11. The molecule has 0 aliphatic heterocycles. The van der Waals surface area contributed by atoms with Crippen molar-refractivity contribution in [3.05, 3.63) is 68.8 Å². The molecule has 0 saturated heterocycles. The van der Waals surface area contributed by atoms with E-state index in [0.29, 0.717) is 16.0 Å². The third kappa shape index (κ3) is 3.04. The number of nitrogens with one attached hydrogen (secondary N) is 1. The number of nitro groups is 1. The summed E-state index contributed by atoms with van der Waals surface area (Å²) in [4.78, 5) is 23.0. The van der Waals surface area contributed by atoms with Crippen molar-refractivity contribution in [1.29, 1.82) is 0 Å². The fourth-order valence-corrected chi connectivity index (χ4v) is 3.11. The second kappa shape index (κ2) is 5.77. The maximum absolute atomic E-state index is 13.3. The first-order chi connectivity index (χ1) is 10.9. The summed E-state index contributed by atoms with van der Waals surface area (Å²) in [5.74, 6) is -0.805. The van der Waals surface area contributed by atoms with Crippen LogP contribution in [0.3, 0.4) is 0 Å². The Labute approximate surface area is 134 Å². The molecule has 0 aliphatic rings. The van der Waals surface area contributed by atoms with Gasteiger partial charge >= 0.3 is 0 Å². The molecule has 0 spiro atoms. The number of carbonyl (C=O) groups excluding carboxylic acids is 1. The van der Waals surface area contributed by atoms with Gasteiger partial charge in [0.1, 0.15) is 5.82 Å². The number of carbonyl (C=O) groups is 1. The van der Waals surface area contributed by atoms with E-state index in [9.17, 15) is 19.3 Å². The lowest BCUT2D eigenvalue weighted by atomic mass is 10.2. The minimum atomic E-state index is -0.479. The number of nitrogens with zero attached hydrogens (tertiary/aromatic N) is 1. The average molecular weight is 330 g/mol. The number of amides is 1. The number of rotatable bonds is 3. The molecule has 1 aromatic heterocycles. The molecule has 0 atom stereocenters. The highest BCUT2D eigenvalue weighted by Crippen LogP contribution is 2.29. The first kappa shape index (κ1) is 15.1. The molecule has 23 heavy (non-hydrogen) atoms. The van der Waals surface area contributed by atoms with E-state index in [4.69, 9.17) is 0 Å². The molecule has 3 rings (SSSR count). The predicted octanol–water partition coefficient (Wildman–Crippen LogP) is 4.51. The Balaban J connectivity index is 1.91. The Morgan fingerprint density at radius 3 is 2.74 bits per heavy atom. The van der Waals surface area contributed by atoms with Gasteiger partial charge in [0.05, 0.1) is 9.80 Å². The fourth-order valence-electron chi connectivity index (χ4n) is 2.17. The van der Waals surface area contributed by atoms with Gasteiger partial charge in [-0.3, -0.25) is 14.9 Å². The Kier molecular flexibility index (Phi) is 3.79. The standard InChI is InChI=1S/C16H11FN2O3S/c1-9-2-3-11(17)8-13(9)18-16(20)15-7-10-6-12(19(21)22)4-5-14(10)23-15/h2-8H,1H3,(H,18,20). The summed E-state index contributed by atoms with van der Waals surface area (Å²) in [6.07, 6.45) is 0. The van der Waals surface area contributed by atoms with Crippen molar-refractivity contribution in [1.82, 2.24) is 0 Å². The summed E-state index contributed by atoms with van der Waals surface area (Å²) in [5.41, 5.74) is 1.12. The monoisotopic (exact) mass is 330 g/mol. The van der Waals surface area contributed by atoms with Crippen LogP contribution < -0.4 is 5.32 Å². The van der Waals surface area contributed by atoms with E-state index in [2.05, 4.69) is 5.32 Å². The van der Waals surface area contributed by atoms with Gasteiger partial charge in [0.2, 0.25) is 0 Å². The van der Waals surface area contributed by atoms with Crippen molar-refractivity contribution in [3.63, 3.8) is 0 Å². The molecular formula is C16H11FN2O3S. The first-order valence-electron chi connectivity index (χ1n) is 6.69. The molecule has 0 unspecified atom stereocenters. The number of halogens is 1. The summed E-state index contributed by atoms with van der Waals surface area (Å²) >= 11 is 1.23. The van der Waals surface area contributed by atoms with Gasteiger partial charge in [-0.1, -0.05) is 6.07 Å². The van der Waals surface area contributed by atoms with Crippen LogP contribution >= 0.6 is 11.3 Å². The molecule has 1 N–H and O–H groups in total. The molecule has 0 saturated carbocycles. The second-order valence-corrected chi connectivity index (χ2v) is 6.09. The van der Waals surface area contributed by atoms with Crippen molar-refractivity contribution in [2.75, 3.05) is 5.32 Å². The van der Waals surface area contributed by atoms with Crippen LogP contribution in [0.1, 0.15) is 15.2 Å². The third-order valence-corrected chi connectivity index (χ3v) is 4.50. The summed E-state index contributed by atoms with van der Waals surface area (Å²) in [6.45, 7) is 1.77. The van der Waals surface area contributed by atoms with E-state index in [-0.39, 0.29) is 11.6 Å². The van der Waals surface area contributed by atoms with Crippen LogP contribution in [-0.2, 0) is 0 Å². The van der Waals surface area contributed by atoms with Crippen LogP contribution in [0, 0.1) is 22.9 Å². The molecule has 7 heteroatoms. The van der Waals surface area contributed by atoms with Gasteiger partial charge in [-0.05, 0) is 36.8 Å². The Morgan fingerprint density at radius 2 is 2.00 bits per heavy atom. The van der Waals surface area contributed by atoms with E-state index in [1.165, 1.54) is 35.6 Å². The molecule has 5 nitrogen and oxygen atoms in total. The van der Waals surface area contributed by atoms with E-state index in [0.717, 1.165) is 10.3 Å². The van der Waals surface area contributed by atoms with Crippen LogP contribution in [0.4, 0.5) is 15.8 Å². The second-order valence-electron chi connectivity index (χ2n) is 5.00. The number of anilines is 1. The molecular weight excluding hydrogens is 319 g/mol. The lowest BCUT2D eigenvalue weighted by molar-refractivity contribution is -0.384. The first-order valence-corrected chi connectivity index (χ1v) is 7.51.